The van der Waals surface area contributed by atoms with Gasteiger partial charge in [-0.15, -0.1) is 0 Å². The molecule has 1 N–H and O–H groups in total. The molecule has 2 fully saturated rings. The number of anilines is 1. The van der Waals surface area contributed by atoms with Crippen molar-refractivity contribution in [3.8, 4) is 0 Å². The first kappa shape index (κ1) is 19.4. The second kappa shape index (κ2) is 7.36. The Hall–Kier alpha value is -2.32. The highest BCUT2D eigenvalue weighted by molar-refractivity contribution is 5.85. The molecule has 148 valence electrons. The minimum absolute atomic E-state index is 0.0387. The van der Waals surface area contributed by atoms with E-state index in [0.29, 0.717) is 31.5 Å². The lowest BCUT2D eigenvalue weighted by Gasteiger charge is -2.35. The standard InChI is InChI=1S/C18H20F4N2O3/c1-27-17(26)10-4-6-24(7-5-10)14-8-11(18(20,21)22)2-3-12(14)13-9-23-16(25)15(13)19/h2-3,8,10,13,15H,4-7,9H2,1H3,(H,23,25)/t13-,15-/m1/s1. The molecule has 27 heavy (non-hydrogen) atoms. The Labute approximate surface area is 153 Å². The number of methoxy groups -OCH3 is 1. The van der Waals surface area contributed by atoms with Crippen LogP contribution in [0.5, 0.6) is 0 Å². The maximum absolute atomic E-state index is 14.2. The molecule has 0 spiro atoms. The predicted octanol–water partition coefficient (Wildman–Crippen LogP) is 2.65. The summed E-state index contributed by atoms with van der Waals surface area (Å²) in [5.74, 6) is -2.24. The van der Waals surface area contributed by atoms with Crippen molar-refractivity contribution in [3.63, 3.8) is 0 Å². The molecule has 2 heterocycles. The molecule has 2 saturated heterocycles. The number of carbonyl (C=O) groups is 2. The third kappa shape index (κ3) is 3.86. The quantitative estimate of drug-likeness (QED) is 0.639. The Balaban J connectivity index is 1.92. The first-order valence-electron chi connectivity index (χ1n) is 8.68. The Bertz CT molecular complexity index is 730. The van der Waals surface area contributed by atoms with Gasteiger partial charge in [0, 0.05) is 31.2 Å². The number of carbonyl (C=O) groups excluding carboxylic acids is 2. The van der Waals surface area contributed by atoms with Gasteiger partial charge < -0.3 is 15.0 Å². The SMILES string of the molecule is COC(=O)C1CCN(c2cc(C(F)(F)F)ccc2[C@H]2CNC(=O)[C@@H]2F)CC1. The van der Waals surface area contributed by atoms with E-state index in [4.69, 9.17) is 4.74 Å². The van der Waals surface area contributed by atoms with Crippen molar-refractivity contribution in [3.05, 3.63) is 29.3 Å². The van der Waals surface area contributed by atoms with Crippen LogP contribution in [-0.4, -0.2) is 44.8 Å². The van der Waals surface area contributed by atoms with E-state index in [1.807, 2.05) is 0 Å². The molecule has 5 nitrogen and oxygen atoms in total. The molecular formula is C18H20F4N2O3. The largest absolute Gasteiger partial charge is 0.469 e. The minimum Gasteiger partial charge on any atom is -0.469 e. The number of nitrogens with zero attached hydrogens (tertiary/aromatic N) is 1. The van der Waals surface area contributed by atoms with Gasteiger partial charge in [0.05, 0.1) is 18.6 Å². The summed E-state index contributed by atoms with van der Waals surface area (Å²) in [6, 6.07) is 3.17. The molecule has 1 amide bonds. The third-order valence-corrected chi connectivity index (χ3v) is 5.23. The van der Waals surface area contributed by atoms with Gasteiger partial charge >= 0.3 is 12.1 Å². The fraction of sp³-hybridized carbons (Fsp3) is 0.556. The Kier molecular flexibility index (Phi) is 5.30. The number of ether oxygens (including phenoxy) is 1. The monoisotopic (exact) mass is 388 g/mol. The van der Waals surface area contributed by atoms with Crippen LogP contribution in [0, 0.1) is 5.92 Å². The van der Waals surface area contributed by atoms with Gasteiger partial charge in [-0.25, -0.2) is 4.39 Å². The lowest BCUT2D eigenvalue weighted by atomic mass is 9.91. The zero-order chi connectivity index (χ0) is 19.8. The highest BCUT2D eigenvalue weighted by atomic mass is 19.4. The number of hydrogen-bond donors (Lipinski definition) is 1. The van der Waals surface area contributed by atoms with Crippen LogP contribution < -0.4 is 10.2 Å². The summed E-state index contributed by atoms with van der Waals surface area (Å²) in [6.07, 6.45) is -5.46. The van der Waals surface area contributed by atoms with Crippen molar-refractivity contribution >= 4 is 17.6 Å². The molecule has 2 atom stereocenters. The molecule has 3 rings (SSSR count). The second-order valence-electron chi connectivity index (χ2n) is 6.81. The van der Waals surface area contributed by atoms with Crippen molar-refractivity contribution in [2.24, 2.45) is 5.92 Å². The second-order valence-corrected chi connectivity index (χ2v) is 6.81. The van der Waals surface area contributed by atoms with E-state index >= 15 is 0 Å². The van der Waals surface area contributed by atoms with E-state index in [1.165, 1.54) is 13.2 Å². The molecule has 0 radical (unpaired) electrons. The summed E-state index contributed by atoms with van der Waals surface area (Å²) in [7, 11) is 1.30. The molecule has 0 unspecified atom stereocenters. The Morgan fingerprint density at radius 1 is 1.26 bits per heavy atom. The lowest BCUT2D eigenvalue weighted by molar-refractivity contribution is -0.146. The fourth-order valence-electron chi connectivity index (χ4n) is 3.69. The molecule has 2 aliphatic rings. The van der Waals surface area contributed by atoms with E-state index in [2.05, 4.69) is 5.32 Å². The summed E-state index contributed by atoms with van der Waals surface area (Å²) in [4.78, 5) is 24.9. The van der Waals surface area contributed by atoms with Gasteiger partial charge in [-0.1, -0.05) is 6.07 Å². The number of halogens is 4. The van der Waals surface area contributed by atoms with Crippen molar-refractivity contribution < 1.29 is 31.9 Å². The first-order valence-corrected chi connectivity index (χ1v) is 8.68. The number of esters is 1. The summed E-state index contributed by atoms with van der Waals surface area (Å²) in [5.41, 5.74) is -0.202. The van der Waals surface area contributed by atoms with Crippen LogP contribution in [0.15, 0.2) is 18.2 Å². The minimum atomic E-state index is -4.53. The topological polar surface area (TPSA) is 58.6 Å². The van der Waals surface area contributed by atoms with Crippen molar-refractivity contribution in [2.75, 3.05) is 31.6 Å². The van der Waals surface area contributed by atoms with Crippen LogP contribution in [0.4, 0.5) is 23.2 Å². The van der Waals surface area contributed by atoms with Gasteiger partial charge in [-0.2, -0.15) is 13.2 Å². The molecule has 1 aromatic carbocycles. The van der Waals surface area contributed by atoms with E-state index in [1.54, 1.807) is 4.90 Å². The molecule has 0 saturated carbocycles. The third-order valence-electron chi connectivity index (χ3n) is 5.23. The molecule has 0 aromatic heterocycles. The summed E-state index contributed by atoms with van der Waals surface area (Å²) >= 11 is 0. The van der Waals surface area contributed by atoms with Crippen LogP contribution in [0.25, 0.3) is 0 Å². The van der Waals surface area contributed by atoms with E-state index in [9.17, 15) is 27.2 Å². The molecule has 1 aromatic rings. The summed E-state index contributed by atoms with van der Waals surface area (Å²) < 4.78 is 58.5. The van der Waals surface area contributed by atoms with Gasteiger partial charge in [-0.05, 0) is 30.5 Å². The molecule has 0 aliphatic carbocycles. The highest BCUT2D eigenvalue weighted by Gasteiger charge is 2.39. The Morgan fingerprint density at radius 2 is 1.93 bits per heavy atom. The van der Waals surface area contributed by atoms with Crippen molar-refractivity contribution in [1.82, 2.24) is 5.32 Å². The number of alkyl halides is 4. The van der Waals surface area contributed by atoms with Crippen molar-refractivity contribution in [1.29, 1.82) is 0 Å². The van der Waals surface area contributed by atoms with Crippen LogP contribution in [0.2, 0.25) is 0 Å². The van der Waals surface area contributed by atoms with Crippen LogP contribution >= 0.6 is 0 Å². The van der Waals surface area contributed by atoms with E-state index in [0.717, 1.165) is 12.1 Å². The van der Waals surface area contributed by atoms with Gasteiger partial charge in [0.2, 0.25) is 0 Å². The van der Waals surface area contributed by atoms with Gasteiger partial charge in [0.25, 0.3) is 5.91 Å². The van der Waals surface area contributed by atoms with Gasteiger partial charge in [0.1, 0.15) is 0 Å². The molecule has 0 bridgehead atoms. The number of hydrogen-bond acceptors (Lipinski definition) is 4. The maximum atomic E-state index is 14.2. The number of rotatable bonds is 3. The first-order chi connectivity index (χ1) is 12.7. The zero-order valence-electron chi connectivity index (χ0n) is 14.7. The fourth-order valence-corrected chi connectivity index (χ4v) is 3.69. The average Bonchev–Trinajstić information content (AvgIpc) is 2.99. The van der Waals surface area contributed by atoms with Crippen LogP contribution in [0.3, 0.4) is 0 Å². The van der Waals surface area contributed by atoms with E-state index < -0.39 is 29.7 Å². The highest BCUT2D eigenvalue weighted by Crippen LogP contribution is 2.39. The normalized spacial score (nSPS) is 24.0. The molecule has 2 aliphatic heterocycles. The summed E-state index contributed by atoms with van der Waals surface area (Å²) in [5, 5.41) is 2.41. The average molecular weight is 388 g/mol. The number of piperidine rings is 1. The zero-order valence-corrected chi connectivity index (χ0v) is 14.7. The smallest absolute Gasteiger partial charge is 0.416 e. The van der Waals surface area contributed by atoms with Crippen LogP contribution in [-0.2, 0) is 20.5 Å². The number of nitrogens with one attached hydrogen (secondary N) is 1. The number of benzene rings is 1. The maximum Gasteiger partial charge on any atom is 0.416 e. The van der Waals surface area contributed by atoms with Gasteiger partial charge in [0.15, 0.2) is 6.17 Å². The van der Waals surface area contributed by atoms with Crippen LogP contribution in [0.1, 0.15) is 29.9 Å². The predicted molar refractivity (Wildman–Crippen MR) is 89.0 cm³/mol. The lowest BCUT2D eigenvalue weighted by Crippen LogP contribution is -2.37. The molecular weight excluding hydrogens is 368 g/mol. The number of amides is 1. The Morgan fingerprint density at radius 3 is 2.44 bits per heavy atom. The van der Waals surface area contributed by atoms with Gasteiger partial charge in [-0.3, -0.25) is 9.59 Å². The summed E-state index contributed by atoms with van der Waals surface area (Å²) in [6.45, 7) is 0.731. The van der Waals surface area contributed by atoms with Crippen molar-refractivity contribution in [2.45, 2.75) is 31.1 Å². The van der Waals surface area contributed by atoms with E-state index in [-0.39, 0.29) is 24.1 Å². The molecule has 9 heteroatoms.